The summed E-state index contributed by atoms with van der Waals surface area (Å²) >= 11 is 0. The van der Waals surface area contributed by atoms with Crippen molar-refractivity contribution in [2.75, 3.05) is 11.5 Å². The molecule has 53 heavy (non-hydrogen) atoms. The van der Waals surface area contributed by atoms with E-state index in [0.29, 0.717) is 28.5 Å². The molecular formula is C39H50N10O4. The average molecular weight is 723 g/mol. The zero-order valence-corrected chi connectivity index (χ0v) is 31.4. The third kappa shape index (κ3) is 14.3. The number of aromatic nitrogens is 2. The first kappa shape index (κ1) is 41.5. The number of carbonyl (C=O) groups is 3. The molecule has 2 aromatic heterocycles. The summed E-state index contributed by atoms with van der Waals surface area (Å²) < 4.78 is 5.26. The van der Waals surface area contributed by atoms with E-state index in [1.54, 1.807) is 45.0 Å². The van der Waals surface area contributed by atoms with E-state index in [0.717, 1.165) is 5.69 Å². The van der Waals surface area contributed by atoms with E-state index < -0.39 is 23.8 Å². The van der Waals surface area contributed by atoms with Gasteiger partial charge in [-0.05, 0) is 81.1 Å². The van der Waals surface area contributed by atoms with Gasteiger partial charge >= 0.3 is 6.09 Å². The molecule has 0 spiro atoms. The molecule has 2 atom stereocenters. The number of nitrogens with zero attached hydrogens (tertiary/aromatic N) is 6. The second kappa shape index (κ2) is 19.6. The molecule has 0 aliphatic rings. The molecule has 14 nitrogen and oxygen atoms in total. The first-order valence-electron chi connectivity index (χ1n) is 17.3. The fourth-order valence-electron chi connectivity index (χ4n) is 4.61. The fourth-order valence-corrected chi connectivity index (χ4v) is 4.61. The lowest BCUT2D eigenvalue weighted by Gasteiger charge is -2.25. The number of nitrogens with two attached hydrogens (primary N) is 3. The van der Waals surface area contributed by atoms with Crippen LogP contribution in [0.3, 0.4) is 0 Å². The topological polar surface area (TPSA) is 226 Å². The molecular weight excluding hydrogens is 672 g/mol. The highest BCUT2D eigenvalue weighted by molar-refractivity contribution is 5.89. The summed E-state index contributed by atoms with van der Waals surface area (Å²) in [7, 11) is 0. The number of nitrogen functional groups attached to an aromatic ring is 2. The summed E-state index contributed by atoms with van der Waals surface area (Å²) in [5, 5.41) is 19.1. The maximum atomic E-state index is 12.8. The molecule has 0 fully saturated rings. The molecule has 2 aromatic carbocycles. The molecule has 0 aliphatic heterocycles. The van der Waals surface area contributed by atoms with Crippen molar-refractivity contribution in [3.8, 4) is 0 Å². The second-order valence-electron chi connectivity index (χ2n) is 13.9. The lowest BCUT2D eigenvalue weighted by molar-refractivity contribution is -0.121. The Morgan fingerprint density at radius 3 is 1.47 bits per heavy atom. The number of amides is 1. The van der Waals surface area contributed by atoms with Crippen LogP contribution < -0.4 is 22.5 Å². The van der Waals surface area contributed by atoms with Gasteiger partial charge < -0.3 is 27.3 Å². The second-order valence-corrected chi connectivity index (χ2v) is 13.9. The Labute approximate surface area is 310 Å². The van der Waals surface area contributed by atoms with Crippen LogP contribution in [0.5, 0.6) is 0 Å². The molecule has 0 bridgehead atoms. The number of rotatable bonds is 13. The summed E-state index contributed by atoms with van der Waals surface area (Å²) in [6.45, 7) is 12.8. The maximum Gasteiger partial charge on any atom is 0.408 e. The Kier molecular flexibility index (Phi) is 15.4. The number of anilines is 2. The maximum absolute atomic E-state index is 12.8. The lowest BCUT2D eigenvalue weighted by atomic mass is 9.97. The number of azo groups is 2. The quantitative estimate of drug-likeness (QED) is 0.0982. The number of benzene rings is 2. The van der Waals surface area contributed by atoms with Gasteiger partial charge in [0.05, 0.1) is 47.7 Å². The number of nitrogens with one attached hydrogen (secondary N) is 1. The van der Waals surface area contributed by atoms with E-state index in [4.69, 9.17) is 21.9 Å². The Balaban J connectivity index is 0.000000295. The monoisotopic (exact) mass is 722 g/mol. The number of ketones is 2. The number of Topliss-reactive ketones (excluding diaryl/α,β-unsaturated/α-hetero) is 2. The minimum Gasteiger partial charge on any atom is -0.444 e. The lowest BCUT2D eigenvalue weighted by Crippen LogP contribution is -2.47. The van der Waals surface area contributed by atoms with E-state index in [9.17, 15) is 14.4 Å². The summed E-state index contributed by atoms with van der Waals surface area (Å²) in [6, 6.07) is 24.2. The number of ether oxygens (including phenoxy) is 1. The first-order chi connectivity index (χ1) is 25.0. The third-order valence-electron chi connectivity index (χ3n) is 7.47. The number of pyridine rings is 2. The highest BCUT2D eigenvalue weighted by atomic mass is 16.6. The fraction of sp³-hybridized carbons (Fsp3) is 0.359. The number of alkyl carbamates (subject to hydrolysis) is 1. The third-order valence-corrected chi connectivity index (χ3v) is 7.47. The first-order valence-corrected chi connectivity index (χ1v) is 17.3. The van der Waals surface area contributed by atoms with Crippen LogP contribution in [0.4, 0.5) is 39.2 Å². The van der Waals surface area contributed by atoms with E-state index in [1.807, 2.05) is 88.4 Å². The Bertz CT molecular complexity index is 1870. The van der Waals surface area contributed by atoms with Gasteiger partial charge in [0.25, 0.3) is 0 Å². The molecule has 0 unspecified atom stereocenters. The Morgan fingerprint density at radius 1 is 0.660 bits per heavy atom. The minimum absolute atomic E-state index is 0.0267. The largest absolute Gasteiger partial charge is 0.444 e. The Hall–Kier alpha value is -5.89. The molecule has 0 aliphatic carbocycles. The van der Waals surface area contributed by atoms with Crippen LogP contribution in [0.15, 0.2) is 105 Å². The van der Waals surface area contributed by atoms with Gasteiger partial charge in [0.2, 0.25) is 0 Å². The van der Waals surface area contributed by atoms with Gasteiger partial charge in [0.15, 0.2) is 23.2 Å². The van der Waals surface area contributed by atoms with E-state index >= 15 is 0 Å². The van der Waals surface area contributed by atoms with Crippen molar-refractivity contribution in [1.29, 1.82) is 0 Å². The van der Waals surface area contributed by atoms with E-state index in [-0.39, 0.29) is 47.9 Å². The van der Waals surface area contributed by atoms with Crippen molar-refractivity contribution in [3.05, 3.63) is 96.3 Å². The van der Waals surface area contributed by atoms with Crippen LogP contribution in [0.2, 0.25) is 0 Å². The highest BCUT2D eigenvalue weighted by Crippen LogP contribution is 2.25. The van der Waals surface area contributed by atoms with Crippen molar-refractivity contribution >= 4 is 52.0 Å². The molecule has 0 saturated carbocycles. The van der Waals surface area contributed by atoms with Crippen molar-refractivity contribution in [3.63, 3.8) is 0 Å². The smallest absolute Gasteiger partial charge is 0.408 e. The SMILES string of the molecule is CC(C)[C@H](N)C(=O)Cc1ccc(N=Nc2ccccc2)c(N)n1.CC(C)[C@H](NC(=O)OC(C)(C)C)C(=O)Cc1ccc(N=Nc2ccccc2)c(N)n1. The molecule has 4 aromatic rings. The van der Waals surface area contributed by atoms with Gasteiger partial charge in [-0.2, -0.15) is 10.2 Å². The molecule has 1 amide bonds. The number of hydrogen-bond acceptors (Lipinski definition) is 13. The van der Waals surface area contributed by atoms with Crippen LogP contribution >= 0.6 is 0 Å². The number of hydrogen-bond donors (Lipinski definition) is 4. The van der Waals surface area contributed by atoms with Gasteiger partial charge in [-0.15, -0.1) is 10.2 Å². The molecule has 7 N–H and O–H groups in total. The molecule has 280 valence electrons. The van der Waals surface area contributed by atoms with Gasteiger partial charge in [0.1, 0.15) is 17.0 Å². The van der Waals surface area contributed by atoms with Crippen LogP contribution in [0, 0.1) is 11.8 Å². The Morgan fingerprint density at radius 2 is 1.09 bits per heavy atom. The van der Waals surface area contributed by atoms with Crippen molar-refractivity contribution in [1.82, 2.24) is 15.3 Å². The van der Waals surface area contributed by atoms with E-state index in [2.05, 4.69) is 35.7 Å². The molecule has 0 radical (unpaired) electrons. The molecule has 0 saturated heterocycles. The molecule has 2 heterocycles. The van der Waals surface area contributed by atoms with Gasteiger partial charge in [-0.25, -0.2) is 14.8 Å². The van der Waals surface area contributed by atoms with Crippen LogP contribution in [0.25, 0.3) is 0 Å². The summed E-state index contributed by atoms with van der Waals surface area (Å²) in [5.74, 6) is 0.182. The van der Waals surface area contributed by atoms with Crippen molar-refractivity contribution < 1.29 is 19.1 Å². The number of carbonyl (C=O) groups excluding carboxylic acids is 3. The minimum atomic E-state index is -0.694. The molecule has 14 heteroatoms. The van der Waals surface area contributed by atoms with Crippen LogP contribution in [0.1, 0.15) is 59.9 Å². The predicted octanol–water partition coefficient (Wildman–Crippen LogP) is 7.91. The zero-order valence-electron chi connectivity index (χ0n) is 31.4. The summed E-state index contributed by atoms with van der Waals surface area (Å²) in [5.41, 5.74) is 20.5. The molecule has 4 rings (SSSR count). The highest BCUT2D eigenvalue weighted by Gasteiger charge is 2.27. The average Bonchev–Trinajstić information content (AvgIpc) is 3.09. The predicted molar refractivity (Wildman–Crippen MR) is 207 cm³/mol. The van der Waals surface area contributed by atoms with Crippen molar-refractivity contribution in [2.45, 2.75) is 79.0 Å². The van der Waals surface area contributed by atoms with Crippen molar-refractivity contribution in [2.24, 2.45) is 38.0 Å². The van der Waals surface area contributed by atoms with Crippen LogP contribution in [-0.4, -0.2) is 45.3 Å². The van der Waals surface area contributed by atoms with Gasteiger partial charge in [0, 0.05) is 0 Å². The zero-order chi connectivity index (χ0) is 39.1. The normalized spacial score (nSPS) is 12.7. The summed E-state index contributed by atoms with van der Waals surface area (Å²) in [6.07, 6.45) is -0.433. The van der Waals surface area contributed by atoms with Gasteiger partial charge in [-0.3, -0.25) is 9.59 Å². The van der Waals surface area contributed by atoms with E-state index in [1.165, 1.54) is 0 Å². The summed E-state index contributed by atoms with van der Waals surface area (Å²) in [4.78, 5) is 45.3. The van der Waals surface area contributed by atoms with Gasteiger partial charge in [-0.1, -0.05) is 64.1 Å². The standard InChI is InChI=1S/C22H29N5O3.C17H21N5O/c1-14(2)19(25-21(29)30-22(3,4)5)18(28)13-16-11-12-17(20(23)24-16)27-26-15-9-7-6-8-10-15;1-11(2)16(18)15(23)10-13-8-9-14(17(19)20-13)22-21-12-6-4-3-5-7-12/h6-12,14,19H,13H2,1-5H3,(H2,23,24)(H,25,29);3-9,11,16H,10,18H2,1-2H3,(H2,19,20)/t19-;16-/m00/s1. The van der Waals surface area contributed by atoms with Crippen LogP contribution in [-0.2, 0) is 27.2 Å².